The Hall–Kier alpha value is -2.56. The van der Waals surface area contributed by atoms with E-state index in [1.165, 1.54) is 6.07 Å². The molecule has 1 aromatic rings. The third-order valence-corrected chi connectivity index (χ3v) is 5.38. The topological polar surface area (TPSA) is 70.4 Å². The summed E-state index contributed by atoms with van der Waals surface area (Å²) in [5.41, 5.74) is -1.94. The number of ketones is 1. The van der Waals surface area contributed by atoms with E-state index in [9.17, 15) is 22.8 Å². The van der Waals surface area contributed by atoms with Crippen LogP contribution in [0.25, 0.3) is 0 Å². The molecule has 2 bridgehead atoms. The van der Waals surface area contributed by atoms with Crippen molar-refractivity contribution in [3.63, 3.8) is 0 Å². The highest BCUT2D eigenvalue weighted by molar-refractivity contribution is 5.98. The van der Waals surface area contributed by atoms with Gasteiger partial charge in [0.05, 0.1) is 17.2 Å². The maximum Gasteiger partial charge on any atom is 0.416 e. The Morgan fingerprint density at radius 1 is 1.10 bits per heavy atom. The van der Waals surface area contributed by atoms with Crippen LogP contribution in [0.1, 0.15) is 67.9 Å². The van der Waals surface area contributed by atoms with Crippen molar-refractivity contribution in [2.45, 2.75) is 70.3 Å². The van der Waals surface area contributed by atoms with E-state index in [1.807, 2.05) is 0 Å². The van der Waals surface area contributed by atoms with Gasteiger partial charge in [0, 0.05) is 23.6 Å². The fourth-order valence-electron chi connectivity index (χ4n) is 4.24. The van der Waals surface area contributed by atoms with Crippen molar-refractivity contribution in [3.05, 3.63) is 34.9 Å². The van der Waals surface area contributed by atoms with Crippen molar-refractivity contribution >= 4 is 11.9 Å². The van der Waals surface area contributed by atoms with E-state index < -0.39 is 35.1 Å². The molecular formula is C21H23F3N2O3. The van der Waals surface area contributed by atoms with Gasteiger partial charge in [-0.1, -0.05) is 0 Å². The second kappa shape index (κ2) is 7.36. The number of hydrogen-bond donors (Lipinski definition) is 0. The van der Waals surface area contributed by atoms with Crippen LogP contribution < -0.4 is 0 Å². The molecule has 5 nitrogen and oxygen atoms in total. The predicted molar refractivity (Wildman–Crippen MR) is 98.1 cm³/mol. The molecule has 0 radical (unpaired) electrons. The number of carbonyl (C=O) groups is 2. The van der Waals surface area contributed by atoms with Crippen LogP contribution in [0.15, 0.2) is 18.2 Å². The minimum Gasteiger partial charge on any atom is -0.444 e. The number of amides is 1. The zero-order chi connectivity index (χ0) is 21.6. The lowest BCUT2D eigenvalue weighted by molar-refractivity contribution is -0.137. The van der Waals surface area contributed by atoms with Gasteiger partial charge in [-0.2, -0.15) is 18.4 Å². The predicted octanol–water partition coefficient (Wildman–Crippen LogP) is 4.94. The minimum absolute atomic E-state index is 0.105. The first-order chi connectivity index (χ1) is 13.4. The average Bonchev–Trinajstić information content (AvgIpc) is 2.88. The third kappa shape index (κ3) is 4.55. The zero-order valence-corrected chi connectivity index (χ0v) is 16.5. The summed E-state index contributed by atoms with van der Waals surface area (Å²) >= 11 is 0. The number of piperidine rings is 1. The van der Waals surface area contributed by atoms with Gasteiger partial charge in [-0.15, -0.1) is 0 Å². The van der Waals surface area contributed by atoms with E-state index in [0.29, 0.717) is 12.8 Å². The van der Waals surface area contributed by atoms with E-state index in [1.54, 1.807) is 31.7 Å². The van der Waals surface area contributed by atoms with Gasteiger partial charge in [0.15, 0.2) is 5.78 Å². The molecule has 2 saturated heterocycles. The van der Waals surface area contributed by atoms with Crippen LogP contribution in [0.2, 0.25) is 0 Å². The second-order valence-corrected chi connectivity index (χ2v) is 8.71. The largest absolute Gasteiger partial charge is 0.444 e. The van der Waals surface area contributed by atoms with Crippen molar-refractivity contribution < 1.29 is 27.5 Å². The van der Waals surface area contributed by atoms with E-state index in [4.69, 9.17) is 10.00 Å². The normalized spacial score (nSPS) is 24.2. The van der Waals surface area contributed by atoms with Gasteiger partial charge in [-0.25, -0.2) is 4.79 Å². The molecule has 29 heavy (non-hydrogen) atoms. The summed E-state index contributed by atoms with van der Waals surface area (Å²) in [6.45, 7) is 5.34. The number of carbonyl (C=O) groups excluding carboxylic acids is 2. The van der Waals surface area contributed by atoms with E-state index >= 15 is 0 Å². The lowest BCUT2D eigenvalue weighted by Gasteiger charge is -2.39. The zero-order valence-electron chi connectivity index (χ0n) is 16.5. The van der Waals surface area contributed by atoms with E-state index in [-0.39, 0.29) is 23.2 Å². The summed E-state index contributed by atoms with van der Waals surface area (Å²) < 4.78 is 44.8. The first kappa shape index (κ1) is 21.2. The number of benzene rings is 1. The Kier molecular flexibility index (Phi) is 5.37. The average molecular weight is 408 g/mol. The number of nitriles is 1. The molecule has 1 aromatic carbocycles. The van der Waals surface area contributed by atoms with Gasteiger partial charge in [0.1, 0.15) is 5.60 Å². The fourth-order valence-corrected chi connectivity index (χ4v) is 4.24. The molecule has 0 aliphatic carbocycles. The molecule has 1 amide bonds. The van der Waals surface area contributed by atoms with Crippen LogP contribution in [0.4, 0.5) is 18.0 Å². The fraction of sp³-hybridized carbons (Fsp3) is 0.571. The molecule has 2 fully saturated rings. The number of fused-ring (bicyclic) bond motifs is 2. The van der Waals surface area contributed by atoms with Crippen LogP contribution in [0.5, 0.6) is 0 Å². The monoisotopic (exact) mass is 408 g/mol. The number of halogens is 3. The highest BCUT2D eigenvalue weighted by Crippen LogP contribution is 2.41. The number of hydrogen-bond acceptors (Lipinski definition) is 4. The van der Waals surface area contributed by atoms with Crippen LogP contribution in [-0.2, 0) is 10.9 Å². The van der Waals surface area contributed by atoms with E-state index in [2.05, 4.69) is 0 Å². The highest BCUT2D eigenvalue weighted by atomic mass is 19.4. The van der Waals surface area contributed by atoms with Crippen LogP contribution in [0.3, 0.4) is 0 Å². The summed E-state index contributed by atoms with van der Waals surface area (Å²) in [6.07, 6.45) is -2.82. The van der Waals surface area contributed by atoms with Gasteiger partial charge in [-0.3, -0.25) is 4.79 Å². The van der Waals surface area contributed by atoms with Gasteiger partial charge < -0.3 is 9.64 Å². The first-order valence-corrected chi connectivity index (χ1v) is 9.57. The first-order valence-electron chi connectivity index (χ1n) is 9.57. The van der Waals surface area contributed by atoms with Crippen molar-refractivity contribution in [3.8, 4) is 6.07 Å². The van der Waals surface area contributed by atoms with Crippen molar-refractivity contribution in [2.75, 3.05) is 0 Å². The Morgan fingerprint density at radius 3 is 2.17 bits per heavy atom. The van der Waals surface area contributed by atoms with Gasteiger partial charge in [0.2, 0.25) is 0 Å². The van der Waals surface area contributed by atoms with Crippen LogP contribution in [0, 0.1) is 17.2 Å². The SMILES string of the molecule is CC(C)(C)OC(=O)N1C2CCC1CC(C(=O)c1cc(C#N)cc(C(F)(F)F)c1)C2. The summed E-state index contributed by atoms with van der Waals surface area (Å²) in [4.78, 5) is 27.2. The molecule has 2 unspecified atom stereocenters. The highest BCUT2D eigenvalue weighted by Gasteiger charge is 2.46. The summed E-state index contributed by atoms with van der Waals surface area (Å²) in [6, 6.07) is 4.11. The molecule has 2 atom stereocenters. The Morgan fingerprint density at radius 2 is 1.69 bits per heavy atom. The third-order valence-electron chi connectivity index (χ3n) is 5.38. The Balaban J connectivity index is 1.80. The van der Waals surface area contributed by atoms with Crippen molar-refractivity contribution in [1.82, 2.24) is 4.90 Å². The molecule has 3 rings (SSSR count). The molecule has 2 heterocycles. The minimum atomic E-state index is -4.64. The molecule has 0 saturated carbocycles. The number of rotatable bonds is 2. The molecule has 2 aliphatic heterocycles. The summed E-state index contributed by atoms with van der Waals surface area (Å²) in [5, 5.41) is 9.04. The standard InChI is InChI=1S/C21H23F3N2O3/c1-20(2,3)29-19(28)26-16-4-5-17(26)10-14(9-16)18(27)13-6-12(11-25)7-15(8-13)21(22,23)24/h6-8,14,16-17H,4-5,9-10H2,1-3H3. The van der Waals surface area contributed by atoms with Crippen molar-refractivity contribution in [1.29, 1.82) is 5.26 Å². The Bertz CT molecular complexity index is 853. The molecule has 156 valence electrons. The van der Waals surface area contributed by atoms with Gasteiger partial charge in [-0.05, 0) is 64.7 Å². The maximum absolute atomic E-state index is 13.1. The quantitative estimate of drug-likeness (QED) is 0.650. The number of alkyl halides is 3. The summed E-state index contributed by atoms with van der Waals surface area (Å²) in [7, 11) is 0. The number of nitrogens with zero attached hydrogens (tertiary/aromatic N) is 2. The van der Waals surface area contributed by atoms with Crippen LogP contribution >= 0.6 is 0 Å². The maximum atomic E-state index is 13.1. The van der Waals surface area contributed by atoms with Crippen molar-refractivity contribution in [2.24, 2.45) is 5.92 Å². The number of ether oxygens (including phenoxy) is 1. The lowest BCUT2D eigenvalue weighted by Crippen LogP contribution is -2.49. The molecule has 0 N–H and O–H groups in total. The molecule has 0 spiro atoms. The molecule has 0 aromatic heterocycles. The van der Waals surface area contributed by atoms with Gasteiger partial charge >= 0.3 is 12.3 Å². The summed E-state index contributed by atoms with van der Waals surface area (Å²) in [5.74, 6) is -0.894. The van der Waals surface area contributed by atoms with Gasteiger partial charge in [0.25, 0.3) is 0 Å². The molecule has 8 heteroatoms. The lowest BCUT2D eigenvalue weighted by atomic mass is 9.84. The number of Topliss-reactive ketones (excluding diaryl/α,β-unsaturated/α-hetero) is 1. The van der Waals surface area contributed by atoms with E-state index in [0.717, 1.165) is 25.0 Å². The second-order valence-electron chi connectivity index (χ2n) is 8.71. The van der Waals surface area contributed by atoms with Crippen LogP contribution in [-0.4, -0.2) is 34.5 Å². The molecular weight excluding hydrogens is 385 g/mol. The molecule has 2 aliphatic rings. The smallest absolute Gasteiger partial charge is 0.416 e. The Labute approximate surface area is 167 Å².